The number of thiophene rings is 1. The van der Waals surface area contributed by atoms with Crippen molar-refractivity contribution in [3.05, 3.63) is 38.7 Å². The van der Waals surface area contributed by atoms with Crippen molar-refractivity contribution >= 4 is 34.4 Å². The molecule has 0 fully saturated rings. The maximum atomic E-state index is 11.0. The van der Waals surface area contributed by atoms with Gasteiger partial charge in [-0.05, 0) is 25.1 Å². The smallest absolute Gasteiger partial charge is 0.296 e. The Morgan fingerprint density at radius 3 is 2.78 bits per heavy atom. The second-order valence-corrected chi connectivity index (χ2v) is 5.17. The van der Waals surface area contributed by atoms with E-state index in [-0.39, 0.29) is 5.69 Å². The van der Waals surface area contributed by atoms with Crippen molar-refractivity contribution in [2.45, 2.75) is 6.92 Å². The van der Waals surface area contributed by atoms with Gasteiger partial charge in [0.25, 0.3) is 5.69 Å². The predicted octanol–water partition coefficient (Wildman–Crippen LogP) is 3.80. The molecule has 0 spiro atoms. The van der Waals surface area contributed by atoms with Gasteiger partial charge >= 0.3 is 0 Å². The maximum absolute atomic E-state index is 11.0. The largest absolute Gasteiger partial charge is 0.370 e. The van der Waals surface area contributed by atoms with Crippen molar-refractivity contribution in [1.29, 1.82) is 0 Å². The Morgan fingerprint density at radius 1 is 1.44 bits per heavy atom. The summed E-state index contributed by atoms with van der Waals surface area (Å²) in [5.41, 5.74) is 0.325. The first-order valence-corrected chi connectivity index (χ1v) is 6.46. The first kappa shape index (κ1) is 12.8. The molecule has 2 aromatic heterocycles. The van der Waals surface area contributed by atoms with E-state index < -0.39 is 4.92 Å². The highest BCUT2D eigenvalue weighted by Gasteiger charge is 2.19. The first-order valence-electron chi connectivity index (χ1n) is 5.27. The minimum Gasteiger partial charge on any atom is -0.370 e. The molecular formula is C11H10ClN3O2S. The zero-order chi connectivity index (χ0) is 13.1. The van der Waals surface area contributed by atoms with Crippen molar-refractivity contribution in [1.82, 2.24) is 4.98 Å². The Kier molecular flexibility index (Phi) is 3.78. The number of halogens is 1. The number of aromatic nitrogens is 1. The molecule has 0 atom stereocenters. The molecule has 0 saturated heterocycles. The molecule has 0 saturated carbocycles. The van der Waals surface area contributed by atoms with Crippen LogP contribution in [0.3, 0.4) is 0 Å². The number of anilines is 1. The lowest BCUT2D eigenvalue weighted by atomic mass is 10.2. The van der Waals surface area contributed by atoms with Crippen LogP contribution < -0.4 is 5.32 Å². The van der Waals surface area contributed by atoms with Crippen LogP contribution in [0.25, 0.3) is 10.6 Å². The van der Waals surface area contributed by atoms with E-state index in [1.54, 1.807) is 18.2 Å². The molecule has 0 aliphatic carbocycles. The molecule has 7 heteroatoms. The molecule has 0 aliphatic heterocycles. The van der Waals surface area contributed by atoms with E-state index >= 15 is 0 Å². The fourth-order valence-electron chi connectivity index (χ4n) is 1.50. The van der Waals surface area contributed by atoms with Gasteiger partial charge < -0.3 is 5.32 Å². The molecule has 0 radical (unpaired) electrons. The Morgan fingerprint density at radius 2 is 2.22 bits per heavy atom. The Balaban J connectivity index is 2.53. The molecule has 1 N–H and O–H groups in total. The Bertz CT molecular complexity index is 585. The fraction of sp³-hybridized carbons (Fsp3) is 0.182. The van der Waals surface area contributed by atoms with Gasteiger partial charge in [0.15, 0.2) is 5.69 Å². The molecule has 0 unspecified atom stereocenters. The number of nitrogens with zero attached hydrogens (tertiary/aromatic N) is 2. The molecule has 94 valence electrons. The van der Waals surface area contributed by atoms with Gasteiger partial charge in [0.1, 0.15) is 5.82 Å². The van der Waals surface area contributed by atoms with E-state index in [1.165, 1.54) is 17.4 Å². The first-order chi connectivity index (χ1) is 8.61. The molecule has 0 aliphatic rings. The lowest BCUT2D eigenvalue weighted by molar-refractivity contribution is -0.384. The van der Waals surface area contributed by atoms with E-state index in [9.17, 15) is 10.1 Å². The van der Waals surface area contributed by atoms with Crippen LogP contribution in [0.2, 0.25) is 4.34 Å². The third-order valence-electron chi connectivity index (χ3n) is 2.24. The standard InChI is InChI=1S/C11H10ClN3O2S/c1-2-13-10-6-3-7(15(16)17)11(14-10)8-4-5-9(12)18-8/h3-6H,2H2,1H3,(H,13,14). The van der Waals surface area contributed by atoms with E-state index in [0.29, 0.717) is 27.3 Å². The molecule has 5 nitrogen and oxygen atoms in total. The van der Waals surface area contributed by atoms with E-state index in [1.807, 2.05) is 6.92 Å². The molecule has 2 rings (SSSR count). The monoisotopic (exact) mass is 283 g/mol. The van der Waals surface area contributed by atoms with Gasteiger partial charge in [-0.25, -0.2) is 4.98 Å². The maximum Gasteiger partial charge on any atom is 0.296 e. The molecule has 2 aromatic rings. The van der Waals surface area contributed by atoms with Crippen molar-refractivity contribution in [3.8, 4) is 10.6 Å². The van der Waals surface area contributed by atoms with Gasteiger partial charge in [-0.3, -0.25) is 10.1 Å². The molecule has 0 bridgehead atoms. The highest BCUT2D eigenvalue weighted by atomic mass is 35.5. The zero-order valence-corrected chi connectivity index (χ0v) is 11.1. The average molecular weight is 284 g/mol. The minimum atomic E-state index is -0.439. The van der Waals surface area contributed by atoms with E-state index in [4.69, 9.17) is 11.6 Å². The molecule has 0 aromatic carbocycles. The van der Waals surface area contributed by atoms with Crippen molar-refractivity contribution in [3.63, 3.8) is 0 Å². The van der Waals surface area contributed by atoms with Crippen LogP contribution >= 0.6 is 22.9 Å². The number of pyridine rings is 1. The number of nitro groups is 1. The summed E-state index contributed by atoms with van der Waals surface area (Å²) < 4.78 is 0.579. The molecule has 18 heavy (non-hydrogen) atoms. The normalized spacial score (nSPS) is 10.3. The lowest BCUT2D eigenvalue weighted by Gasteiger charge is -2.05. The summed E-state index contributed by atoms with van der Waals surface area (Å²) in [5, 5.41) is 14.0. The van der Waals surface area contributed by atoms with E-state index in [2.05, 4.69) is 10.3 Å². The molecular weight excluding hydrogens is 274 g/mol. The third kappa shape index (κ3) is 2.60. The van der Waals surface area contributed by atoms with Crippen LogP contribution in [0.1, 0.15) is 6.92 Å². The average Bonchev–Trinajstić information content (AvgIpc) is 2.76. The summed E-state index contributed by atoms with van der Waals surface area (Å²) in [5.74, 6) is 0.614. The highest BCUT2D eigenvalue weighted by Crippen LogP contribution is 2.35. The summed E-state index contributed by atoms with van der Waals surface area (Å²) >= 11 is 7.12. The van der Waals surface area contributed by atoms with Crippen LogP contribution in [0.5, 0.6) is 0 Å². The van der Waals surface area contributed by atoms with Crippen LogP contribution in [-0.4, -0.2) is 16.5 Å². The van der Waals surface area contributed by atoms with Gasteiger partial charge in [-0.1, -0.05) is 11.6 Å². The third-order valence-corrected chi connectivity index (χ3v) is 3.47. The highest BCUT2D eigenvalue weighted by molar-refractivity contribution is 7.19. The minimum absolute atomic E-state index is 0.0184. The van der Waals surface area contributed by atoms with Gasteiger partial charge in [-0.2, -0.15) is 0 Å². The van der Waals surface area contributed by atoms with E-state index in [0.717, 1.165) is 0 Å². The molecule has 0 amide bonds. The second kappa shape index (κ2) is 5.32. The fourth-order valence-corrected chi connectivity index (χ4v) is 2.54. The quantitative estimate of drug-likeness (QED) is 0.684. The van der Waals surface area contributed by atoms with Crippen LogP contribution in [0.4, 0.5) is 11.5 Å². The van der Waals surface area contributed by atoms with Gasteiger partial charge in [0.2, 0.25) is 0 Å². The van der Waals surface area contributed by atoms with Gasteiger partial charge in [0.05, 0.1) is 14.1 Å². The number of hydrogen-bond donors (Lipinski definition) is 1. The summed E-state index contributed by atoms with van der Waals surface area (Å²) in [6, 6.07) is 6.49. The Hall–Kier alpha value is -1.66. The van der Waals surface area contributed by atoms with Crippen molar-refractivity contribution in [2.24, 2.45) is 0 Å². The lowest BCUT2D eigenvalue weighted by Crippen LogP contribution is -2.01. The van der Waals surface area contributed by atoms with Crippen LogP contribution in [-0.2, 0) is 0 Å². The summed E-state index contributed by atoms with van der Waals surface area (Å²) in [6.07, 6.45) is 0. The number of nitrogens with one attached hydrogen (secondary N) is 1. The predicted molar refractivity (Wildman–Crippen MR) is 73.4 cm³/mol. The van der Waals surface area contributed by atoms with Crippen LogP contribution in [0.15, 0.2) is 24.3 Å². The van der Waals surface area contributed by atoms with Gasteiger partial charge in [0, 0.05) is 12.6 Å². The zero-order valence-electron chi connectivity index (χ0n) is 9.51. The summed E-state index contributed by atoms with van der Waals surface area (Å²) in [6.45, 7) is 2.64. The SMILES string of the molecule is CCNc1ccc([N+](=O)[O-])c(-c2ccc(Cl)s2)n1. The summed E-state index contributed by atoms with van der Waals surface area (Å²) in [4.78, 5) is 15.5. The number of rotatable bonds is 4. The van der Waals surface area contributed by atoms with Gasteiger partial charge in [-0.15, -0.1) is 11.3 Å². The Labute approximate surface area is 113 Å². The number of hydrogen-bond acceptors (Lipinski definition) is 5. The summed E-state index contributed by atoms with van der Waals surface area (Å²) in [7, 11) is 0. The van der Waals surface area contributed by atoms with Crippen molar-refractivity contribution < 1.29 is 4.92 Å². The van der Waals surface area contributed by atoms with Crippen LogP contribution in [0, 0.1) is 10.1 Å². The molecule has 2 heterocycles. The second-order valence-electron chi connectivity index (χ2n) is 3.46. The van der Waals surface area contributed by atoms with Crippen molar-refractivity contribution in [2.75, 3.05) is 11.9 Å². The topological polar surface area (TPSA) is 68.1 Å².